The summed E-state index contributed by atoms with van der Waals surface area (Å²) in [5, 5.41) is 15.7. The van der Waals surface area contributed by atoms with Gasteiger partial charge < -0.3 is 4.74 Å². The molecule has 1 amide bonds. The van der Waals surface area contributed by atoms with Gasteiger partial charge in [0.25, 0.3) is 5.91 Å². The van der Waals surface area contributed by atoms with Crippen LogP contribution in [0.2, 0.25) is 0 Å². The number of benzene rings is 1. The molecule has 1 N–H and O–H groups in total. The summed E-state index contributed by atoms with van der Waals surface area (Å²) in [5.41, 5.74) is 5.96. The molecule has 2 heterocycles. The Morgan fingerprint density at radius 2 is 2.14 bits per heavy atom. The highest BCUT2D eigenvalue weighted by atomic mass is 32.1. The second kappa shape index (κ2) is 8.50. The van der Waals surface area contributed by atoms with Gasteiger partial charge in [0.2, 0.25) is 0 Å². The van der Waals surface area contributed by atoms with Crippen molar-refractivity contribution in [2.75, 3.05) is 0 Å². The fourth-order valence-corrected chi connectivity index (χ4v) is 3.41. The van der Waals surface area contributed by atoms with Gasteiger partial charge in [0.05, 0.1) is 17.8 Å². The van der Waals surface area contributed by atoms with Crippen LogP contribution in [0.4, 0.5) is 0 Å². The Labute approximate surface area is 166 Å². The van der Waals surface area contributed by atoms with Gasteiger partial charge in [0.15, 0.2) is 11.2 Å². The minimum absolute atomic E-state index is 0.366. The van der Waals surface area contributed by atoms with Crippen LogP contribution < -0.4 is 10.2 Å². The molecule has 0 saturated heterocycles. The van der Waals surface area contributed by atoms with Crippen molar-refractivity contribution in [3.8, 4) is 17.0 Å². The average Bonchev–Trinajstić information content (AvgIpc) is 3.30. The molecule has 0 radical (unpaired) electrons. The average molecular weight is 393 g/mol. The van der Waals surface area contributed by atoms with Crippen LogP contribution in [-0.4, -0.2) is 27.8 Å². The topological polar surface area (TPSA) is 92.3 Å². The lowest BCUT2D eigenvalue weighted by atomic mass is 10.2. The smallest absolute Gasteiger partial charge is 0.280 e. The molecule has 2 aromatic heterocycles. The summed E-state index contributed by atoms with van der Waals surface area (Å²) in [6.45, 7) is 5.61. The minimum Gasteiger partial charge on any atom is -0.481 e. The van der Waals surface area contributed by atoms with Crippen molar-refractivity contribution >= 4 is 23.5 Å². The van der Waals surface area contributed by atoms with Crippen molar-refractivity contribution in [3.63, 3.8) is 0 Å². The third kappa shape index (κ3) is 4.27. The van der Waals surface area contributed by atoms with E-state index >= 15 is 0 Å². The number of hydrogen-bond donors (Lipinski definition) is 1. The molecule has 1 atom stereocenters. The molecule has 1 aromatic carbocycles. The van der Waals surface area contributed by atoms with E-state index in [0.29, 0.717) is 11.3 Å². The Kier molecular flexibility index (Phi) is 5.87. The number of thiazole rings is 1. The van der Waals surface area contributed by atoms with Gasteiger partial charge in [-0.15, -0.1) is 11.3 Å². The summed E-state index contributed by atoms with van der Waals surface area (Å²) < 4.78 is 7.61. The van der Waals surface area contributed by atoms with E-state index in [1.165, 1.54) is 0 Å². The van der Waals surface area contributed by atoms with E-state index in [9.17, 15) is 4.79 Å². The van der Waals surface area contributed by atoms with Crippen LogP contribution in [-0.2, 0) is 4.79 Å². The predicted octanol–water partition coefficient (Wildman–Crippen LogP) is 3.34. The molecule has 0 bridgehead atoms. The standard InChI is InChI=1S/C20H19N5O2S/c1-13-10-17(14(2)25(13)20-22-8-9-28-20)12-23-24-19(26)15(3)27-18-6-4-16(11-21)5-7-18/h4-10,12,15H,1-3H3,(H,24,26)/b23-12-/t15-/m1/s1. The van der Waals surface area contributed by atoms with Gasteiger partial charge in [-0.2, -0.15) is 10.4 Å². The first-order valence-corrected chi connectivity index (χ1v) is 9.46. The fraction of sp³-hybridized carbons (Fsp3) is 0.200. The van der Waals surface area contributed by atoms with Gasteiger partial charge in [0, 0.05) is 28.5 Å². The predicted molar refractivity (Wildman–Crippen MR) is 108 cm³/mol. The monoisotopic (exact) mass is 393 g/mol. The van der Waals surface area contributed by atoms with Crippen molar-refractivity contribution in [1.82, 2.24) is 15.0 Å². The molecule has 3 rings (SSSR count). The molecule has 3 aromatic rings. The van der Waals surface area contributed by atoms with Crippen LogP contribution in [0.15, 0.2) is 47.0 Å². The van der Waals surface area contributed by atoms with E-state index in [1.807, 2.05) is 35.9 Å². The number of nitrogens with zero attached hydrogens (tertiary/aromatic N) is 4. The van der Waals surface area contributed by atoms with Crippen LogP contribution in [0.25, 0.3) is 5.13 Å². The lowest BCUT2D eigenvalue weighted by Gasteiger charge is -2.12. The third-order valence-corrected chi connectivity index (χ3v) is 4.88. The third-order valence-electron chi connectivity index (χ3n) is 4.12. The maximum atomic E-state index is 12.2. The first kappa shape index (κ1) is 19.3. The van der Waals surface area contributed by atoms with Crippen molar-refractivity contribution in [2.24, 2.45) is 5.10 Å². The first-order chi connectivity index (χ1) is 13.5. The molecule has 0 aliphatic rings. The molecule has 8 heteroatoms. The van der Waals surface area contributed by atoms with Gasteiger partial charge in [-0.3, -0.25) is 9.36 Å². The Morgan fingerprint density at radius 1 is 1.39 bits per heavy atom. The zero-order valence-electron chi connectivity index (χ0n) is 15.7. The van der Waals surface area contributed by atoms with E-state index in [2.05, 4.69) is 15.5 Å². The van der Waals surface area contributed by atoms with E-state index in [0.717, 1.165) is 22.1 Å². The quantitative estimate of drug-likeness (QED) is 0.513. The van der Waals surface area contributed by atoms with E-state index in [1.54, 1.807) is 54.9 Å². The summed E-state index contributed by atoms with van der Waals surface area (Å²) in [7, 11) is 0. The van der Waals surface area contributed by atoms with Gasteiger partial charge in [-0.25, -0.2) is 10.4 Å². The van der Waals surface area contributed by atoms with Gasteiger partial charge >= 0.3 is 0 Å². The largest absolute Gasteiger partial charge is 0.481 e. The Hall–Kier alpha value is -3.44. The lowest BCUT2D eigenvalue weighted by molar-refractivity contribution is -0.127. The Morgan fingerprint density at radius 3 is 2.79 bits per heavy atom. The van der Waals surface area contributed by atoms with Crippen molar-refractivity contribution in [3.05, 3.63) is 64.4 Å². The van der Waals surface area contributed by atoms with Crippen LogP contribution in [0.5, 0.6) is 5.75 Å². The van der Waals surface area contributed by atoms with E-state index < -0.39 is 6.10 Å². The lowest BCUT2D eigenvalue weighted by Crippen LogP contribution is -2.33. The normalized spacial score (nSPS) is 11.9. The maximum Gasteiger partial charge on any atom is 0.280 e. The molecule has 142 valence electrons. The molecule has 0 fully saturated rings. The molecule has 0 unspecified atom stereocenters. The molecular weight excluding hydrogens is 374 g/mol. The molecule has 0 spiro atoms. The fourth-order valence-electron chi connectivity index (χ4n) is 2.66. The van der Waals surface area contributed by atoms with Crippen molar-refractivity contribution < 1.29 is 9.53 Å². The van der Waals surface area contributed by atoms with Crippen LogP contribution >= 0.6 is 11.3 Å². The summed E-state index contributed by atoms with van der Waals surface area (Å²) >= 11 is 1.56. The second-order valence-electron chi connectivity index (χ2n) is 6.11. The molecular formula is C20H19N5O2S. The van der Waals surface area contributed by atoms with Crippen LogP contribution in [0.1, 0.15) is 29.4 Å². The number of aryl methyl sites for hydroxylation is 1. The number of nitrogens with one attached hydrogen (secondary N) is 1. The highest BCUT2D eigenvalue weighted by molar-refractivity contribution is 7.12. The van der Waals surface area contributed by atoms with E-state index in [-0.39, 0.29) is 5.91 Å². The zero-order chi connectivity index (χ0) is 20.1. The number of hydrazone groups is 1. The van der Waals surface area contributed by atoms with E-state index in [4.69, 9.17) is 10.00 Å². The number of amides is 1. The minimum atomic E-state index is -0.729. The van der Waals surface area contributed by atoms with Gasteiger partial charge in [-0.1, -0.05) is 0 Å². The number of ether oxygens (including phenoxy) is 1. The second-order valence-corrected chi connectivity index (χ2v) is 6.98. The number of carbonyl (C=O) groups is 1. The number of nitriles is 1. The highest BCUT2D eigenvalue weighted by Gasteiger charge is 2.14. The molecule has 0 saturated carbocycles. The molecule has 7 nitrogen and oxygen atoms in total. The molecule has 28 heavy (non-hydrogen) atoms. The zero-order valence-corrected chi connectivity index (χ0v) is 16.5. The van der Waals surface area contributed by atoms with Gasteiger partial charge in [-0.05, 0) is 51.1 Å². The number of hydrogen-bond acceptors (Lipinski definition) is 6. The summed E-state index contributed by atoms with van der Waals surface area (Å²) in [4.78, 5) is 16.5. The molecule has 0 aliphatic heterocycles. The summed E-state index contributed by atoms with van der Waals surface area (Å²) in [6.07, 6.45) is 2.65. The Bertz CT molecular complexity index is 1030. The number of aromatic nitrogens is 2. The maximum absolute atomic E-state index is 12.2. The first-order valence-electron chi connectivity index (χ1n) is 8.58. The highest BCUT2D eigenvalue weighted by Crippen LogP contribution is 2.21. The van der Waals surface area contributed by atoms with Crippen LogP contribution in [0.3, 0.4) is 0 Å². The number of carbonyl (C=O) groups excluding carboxylic acids is 1. The summed E-state index contributed by atoms with van der Waals surface area (Å²) in [6, 6.07) is 10.6. The summed E-state index contributed by atoms with van der Waals surface area (Å²) in [5.74, 6) is 0.145. The van der Waals surface area contributed by atoms with Crippen molar-refractivity contribution in [1.29, 1.82) is 5.26 Å². The number of rotatable bonds is 6. The van der Waals surface area contributed by atoms with Gasteiger partial charge in [0.1, 0.15) is 5.75 Å². The SMILES string of the molecule is Cc1cc(/C=N\NC(=O)[C@@H](C)Oc2ccc(C#N)cc2)c(C)n1-c1nccs1. The molecule has 0 aliphatic carbocycles. The van der Waals surface area contributed by atoms with Crippen LogP contribution in [0, 0.1) is 25.2 Å². The Balaban J connectivity index is 1.62. The van der Waals surface area contributed by atoms with Crippen molar-refractivity contribution in [2.45, 2.75) is 26.9 Å².